The Kier molecular flexibility index (Phi) is 7.17. The van der Waals surface area contributed by atoms with Crippen molar-refractivity contribution in [2.45, 2.75) is 62.6 Å². The van der Waals surface area contributed by atoms with E-state index in [2.05, 4.69) is 186 Å². The van der Waals surface area contributed by atoms with Gasteiger partial charge in [-0.2, -0.15) is 0 Å². The Labute approximate surface area is 267 Å². The molecule has 2 aromatic carbocycles. The molecule has 6 rings (SSSR count). The molecule has 4 atom stereocenters. The minimum atomic E-state index is -0.234. The molecular formula is C39H42Li2. The number of allylic oxidation sites excluding steroid dienone is 12. The second-order valence-electron chi connectivity index (χ2n) is 14.0. The first-order valence-electron chi connectivity index (χ1n) is 15.9. The molecular weight excluding hydrogens is 482 g/mol. The standard InChI is InChI=1S/C39H42.2Li/c1-7-27(3)38(31-19-20-32(38)22-21-31)35(29-15-11-9-12-16-29)37(5,6)36(30-17-13-10-14-18-30)39(28(4)8-2)33-23-24-34(39)26-25-33;;/h9-28H,7-8H2,1-6H3;;. The fourth-order valence-corrected chi connectivity index (χ4v) is 10.4. The van der Waals surface area contributed by atoms with Gasteiger partial charge in [-0.3, -0.25) is 0 Å². The van der Waals surface area contributed by atoms with Crippen LogP contribution in [0.4, 0.5) is 0 Å². The van der Waals surface area contributed by atoms with Crippen LogP contribution in [0.25, 0.3) is 0 Å². The third kappa shape index (κ3) is 3.33. The predicted molar refractivity (Wildman–Crippen MR) is 176 cm³/mol. The molecule has 200 valence electrons. The van der Waals surface area contributed by atoms with Gasteiger partial charge in [-0.05, 0) is 0 Å². The van der Waals surface area contributed by atoms with E-state index in [-0.39, 0.29) is 24.4 Å². The van der Waals surface area contributed by atoms with Gasteiger partial charge in [0.2, 0.25) is 0 Å². The average molecular weight is 525 g/mol. The molecule has 0 fully saturated rings. The third-order valence-corrected chi connectivity index (χ3v) is 13.1. The number of hydrogen-bond donors (Lipinski definition) is 0. The van der Waals surface area contributed by atoms with E-state index in [1.165, 1.54) is 33.4 Å². The maximum atomic E-state index is 2.63. The molecule has 0 saturated carbocycles. The van der Waals surface area contributed by atoms with Crippen molar-refractivity contribution < 1.29 is 0 Å². The summed E-state index contributed by atoms with van der Waals surface area (Å²) in [6.45, 7) is 15.0. The summed E-state index contributed by atoms with van der Waals surface area (Å²) in [5.74, 6) is 0.941. The number of fused-ring (bicyclic) bond motifs is 4. The van der Waals surface area contributed by atoms with Crippen LogP contribution in [0, 0.1) is 28.1 Å². The van der Waals surface area contributed by atoms with E-state index in [0.29, 0.717) is 11.8 Å². The molecule has 0 aliphatic heterocycles. The van der Waals surface area contributed by atoms with Crippen LogP contribution in [-0.2, 0) is 8.18 Å². The van der Waals surface area contributed by atoms with Crippen LogP contribution in [0.3, 0.4) is 0 Å². The van der Waals surface area contributed by atoms with Crippen LogP contribution >= 0.6 is 0 Å². The molecule has 4 bridgehead atoms. The summed E-state index contributed by atoms with van der Waals surface area (Å²) in [5, 5.41) is 0. The fraction of sp³-hybridized carbons (Fsp3) is 0.385. The first-order valence-corrected chi connectivity index (χ1v) is 15.9. The quantitative estimate of drug-likeness (QED) is 0.272. The van der Waals surface area contributed by atoms with Gasteiger partial charge in [0.25, 0.3) is 0 Å². The molecule has 0 nitrogen and oxygen atoms in total. The molecule has 0 N–H and O–H groups in total. The summed E-state index contributed by atoms with van der Waals surface area (Å²) in [6.07, 6.45) is 21.7. The van der Waals surface area contributed by atoms with Crippen molar-refractivity contribution >= 4 is 35.4 Å². The van der Waals surface area contributed by atoms with Crippen molar-refractivity contribution in [3.05, 3.63) is 143 Å². The monoisotopic (exact) mass is 524 g/mol. The predicted octanol–water partition coefficient (Wildman–Crippen LogP) is 9.08. The Morgan fingerprint density at radius 3 is 1.10 bits per heavy atom. The van der Waals surface area contributed by atoms with E-state index < -0.39 is 0 Å². The first kappa shape index (κ1) is 29.2. The van der Waals surface area contributed by atoms with E-state index in [9.17, 15) is 0 Å². The molecule has 4 aliphatic rings. The summed E-state index contributed by atoms with van der Waals surface area (Å²) in [7, 11) is 0. The third-order valence-electron chi connectivity index (χ3n) is 13.1. The zero-order valence-corrected chi connectivity index (χ0v) is 26.5. The molecule has 0 saturated heterocycles. The van der Waals surface area contributed by atoms with Crippen LogP contribution in [0.2, 0.25) is 0 Å². The van der Waals surface area contributed by atoms with Crippen LogP contribution in [-0.4, -0.2) is 35.4 Å². The van der Waals surface area contributed by atoms with Crippen LogP contribution in [0.5, 0.6) is 0 Å². The Balaban J connectivity index is 1.75. The average Bonchev–Trinajstić information content (AvgIpc) is 3.78. The molecule has 0 amide bonds. The van der Waals surface area contributed by atoms with Crippen molar-refractivity contribution in [3.8, 4) is 0 Å². The maximum absolute atomic E-state index is 2.63. The fourth-order valence-electron chi connectivity index (χ4n) is 10.4. The Bertz CT molecular complexity index is 1370. The van der Waals surface area contributed by atoms with E-state index in [4.69, 9.17) is 0 Å². The van der Waals surface area contributed by atoms with Gasteiger partial charge >= 0.3 is 269 Å². The molecule has 0 spiro atoms. The van der Waals surface area contributed by atoms with Crippen molar-refractivity contribution in [2.75, 3.05) is 0 Å². The minimum absolute atomic E-state index is 0.118. The molecule has 2 aromatic rings. The van der Waals surface area contributed by atoms with Crippen LogP contribution in [0.1, 0.15) is 65.5 Å². The van der Waals surface area contributed by atoms with Crippen LogP contribution < -0.4 is 0 Å². The van der Waals surface area contributed by atoms with E-state index >= 15 is 0 Å². The number of rotatable bonds is 10. The zero-order chi connectivity index (χ0) is 29.3. The van der Waals surface area contributed by atoms with Gasteiger partial charge in [0.1, 0.15) is 0 Å². The van der Waals surface area contributed by atoms with Crippen molar-refractivity contribution in [2.24, 2.45) is 28.1 Å². The van der Waals surface area contributed by atoms with Gasteiger partial charge < -0.3 is 0 Å². The van der Waals surface area contributed by atoms with Crippen molar-refractivity contribution in [3.63, 3.8) is 0 Å². The Hall–Kier alpha value is -1.93. The number of hydrogen-bond acceptors (Lipinski definition) is 0. The topological polar surface area (TPSA) is 0 Å². The Morgan fingerprint density at radius 2 is 0.854 bits per heavy atom. The summed E-state index contributed by atoms with van der Waals surface area (Å²) >= 11 is 5.26. The first-order chi connectivity index (χ1) is 19.6. The molecule has 0 aromatic heterocycles. The number of benzene rings is 2. The van der Waals surface area contributed by atoms with Gasteiger partial charge in [0, 0.05) is 0 Å². The second kappa shape index (κ2) is 10.1. The van der Waals surface area contributed by atoms with Gasteiger partial charge in [0.05, 0.1) is 0 Å². The summed E-state index contributed by atoms with van der Waals surface area (Å²) in [6, 6.07) is 23.1. The molecule has 0 radical (unpaired) electrons. The van der Waals surface area contributed by atoms with Crippen molar-refractivity contribution in [1.82, 2.24) is 0 Å². The zero-order valence-electron chi connectivity index (χ0n) is 26.5. The SMILES string of the molecule is [Li][C](c1ccccc1)(C1(C(C)CC)C2=CC=C1C=C2)C(C)(C)[C]([Li])(c1ccccc1)C1(C(C)CC)C2=CC=C1C=C2. The van der Waals surface area contributed by atoms with Gasteiger partial charge in [-0.1, -0.05) is 0 Å². The summed E-state index contributed by atoms with van der Waals surface area (Å²) in [5.41, 5.74) is 8.38. The normalized spacial score (nSPS) is 23.9. The van der Waals surface area contributed by atoms with Gasteiger partial charge in [-0.25, -0.2) is 0 Å². The van der Waals surface area contributed by atoms with E-state index in [0.717, 1.165) is 12.8 Å². The van der Waals surface area contributed by atoms with E-state index in [1.54, 1.807) is 0 Å². The Morgan fingerprint density at radius 1 is 0.561 bits per heavy atom. The molecule has 4 aliphatic carbocycles. The molecule has 2 heteroatoms. The second-order valence-corrected chi connectivity index (χ2v) is 14.0. The van der Waals surface area contributed by atoms with E-state index in [1.807, 2.05) is 0 Å². The summed E-state index contributed by atoms with van der Waals surface area (Å²) in [4.78, 5) is 0. The molecule has 4 unspecified atom stereocenters. The summed E-state index contributed by atoms with van der Waals surface area (Å²) < 4.78 is -0.467. The van der Waals surface area contributed by atoms with Gasteiger partial charge in [-0.15, -0.1) is 0 Å². The van der Waals surface area contributed by atoms with Gasteiger partial charge in [0.15, 0.2) is 0 Å². The molecule has 0 heterocycles. The van der Waals surface area contributed by atoms with Crippen LogP contribution in [0.15, 0.2) is 132 Å². The molecule has 41 heavy (non-hydrogen) atoms. The van der Waals surface area contributed by atoms with Crippen molar-refractivity contribution in [1.29, 1.82) is 0 Å².